The number of benzene rings is 2. The molecule has 3 aromatic rings. The number of H-pyrrole nitrogens is 1. The van der Waals surface area contributed by atoms with E-state index in [0.717, 1.165) is 30.0 Å². The van der Waals surface area contributed by atoms with Gasteiger partial charge in [0.05, 0.1) is 19.3 Å². The molecule has 1 aliphatic heterocycles. The number of anilines is 1. The monoisotopic (exact) mass is 348 g/mol. The number of hydrogen-bond acceptors (Lipinski definition) is 3. The van der Waals surface area contributed by atoms with E-state index in [4.69, 9.17) is 4.74 Å². The average molecular weight is 348 g/mol. The Bertz CT molecular complexity index is 890. The van der Waals surface area contributed by atoms with Crippen LogP contribution in [-0.4, -0.2) is 43.6 Å². The zero-order chi connectivity index (χ0) is 17.8. The molecule has 0 bridgehead atoms. The second kappa shape index (κ2) is 7.44. The lowest BCUT2D eigenvalue weighted by atomic mass is 10.1. The number of aromatic amines is 1. The lowest BCUT2D eigenvalue weighted by molar-refractivity contribution is -0.364. The van der Waals surface area contributed by atoms with Crippen LogP contribution in [0.5, 0.6) is 5.75 Å². The topological polar surface area (TPSA) is 46.9 Å². The Morgan fingerprint density at radius 2 is 1.69 bits per heavy atom. The van der Waals surface area contributed by atoms with Crippen molar-refractivity contribution in [2.24, 2.45) is 0 Å². The van der Waals surface area contributed by atoms with E-state index in [0.29, 0.717) is 13.1 Å². The third-order valence-corrected chi connectivity index (χ3v) is 4.75. The van der Waals surface area contributed by atoms with Crippen molar-refractivity contribution < 1.29 is 14.5 Å². The maximum absolute atomic E-state index is 12.5. The van der Waals surface area contributed by atoms with E-state index in [1.807, 2.05) is 59.6 Å². The van der Waals surface area contributed by atoms with Gasteiger partial charge < -0.3 is 9.64 Å². The van der Waals surface area contributed by atoms with E-state index in [1.165, 1.54) is 5.39 Å². The van der Waals surface area contributed by atoms with Gasteiger partial charge in [0.15, 0.2) is 6.61 Å². The van der Waals surface area contributed by atoms with Crippen molar-refractivity contribution in [2.75, 3.05) is 37.7 Å². The first-order valence-electron chi connectivity index (χ1n) is 8.91. The van der Waals surface area contributed by atoms with E-state index < -0.39 is 0 Å². The predicted molar refractivity (Wildman–Crippen MR) is 101 cm³/mol. The number of carbonyl (C=O) groups is 1. The van der Waals surface area contributed by atoms with Crippen molar-refractivity contribution in [3.63, 3.8) is 0 Å². The maximum Gasteiger partial charge on any atom is 0.274 e. The van der Waals surface area contributed by atoms with Gasteiger partial charge in [0.2, 0.25) is 0 Å². The number of carbonyl (C=O) groups excluding carboxylic acids is 1. The van der Waals surface area contributed by atoms with Gasteiger partial charge in [-0.25, -0.2) is 4.98 Å². The van der Waals surface area contributed by atoms with Gasteiger partial charge in [-0.05, 0) is 29.0 Å². The fraction of sp³-hybridized carbons (Fsp3) is 0.238. The first kappa shape index (κ1) is 16.4. The molecule has 0 radical (unpaired) electrons. The largest absolute Gasteiger partial charge is 0.484 e. The Labute approximate surface area is 152 Å². The molecule has 1 aliphatic rings. The van der Waals surface area contributed by atoms with Crippen LogP contribution in [0.25, 0.3) is 10.8 Å². The zero-order valence-electron chi connectivity index (χ0n) is 14.6. The SMILES string of the molecule is O=C(COc1ccc2ccccc2c1)N1CCN(c2cccc[nH+]2)CC1. The summed E-state index contributed by atoms with van der Waals surface area (Å²) in [7, 11) is 0. The van der Waals surface area contributed by atoms with E-state index in [1.54, 1.807) is 0 Å². The predicted octanol–water partition coefficient (Wildman–Crippen LogP) is 2.38. The molecule has 0 unspecified atom stereocenters. The minimum absolute atomic E-state index is 0.0369. The number of nitrogens with one attached hydrogen (secondary N) is 1. The number of ether oxygens (including phenoxy) is 1. The molecule has 2 aromatic carbocycles. The van der Waals surface area contributed by atoms with E-state index in [2.05, 4.69) is 22.0 Å². The standard InChI is InChI=1S/C21H21N3O2/c25-21(16-26-19-9-8-17-5-1-2-6-18(17)15-19)24-13-11-23(12-14-24)20-7-3-4-10-22-20/h1-10,15H,11-14,16H2/p+1. The molecule has 1 N–H and O–H groups in total. The number of piperazine rings is 1. The minimum atomic E-state index is 0.0369. The van der Waals surface area contributed by atoms with E-state index in [-0.39, 0.29) is 12.5 Å². The smallest absolute Gasteiger partial charge is 0.274 e. The van der Waals surface area contributed by atoms with Gasteiger partial charge >= 0.3 is 0 Å². The summed E-state index contributed by atoms with van der Waals surface area (Å²) in [5, 5.41) is 2.28. The van der Waals surface area contributed by atoms with Gasteiger partial charge in [0.25, 0.3) is 11.7 Å². The second-order valence-corrected chi connectivity index (χ2v) is 6.41. The van der Waals surface area contributed by atoms with Crippen molar-refractivity contribution in [3.8, 4) is 5.75 Å². The first-order chi connectivity index (χ1) is 12.8. The fourth-order valence-electron chi connectivity index (χ4n) is 3.27. The van der Waals surface area contributed by atoms with Crippen molar-refractivity contribution in [3.05, 3.63) is 66.9 Å². The summed E-state index contributed by atoms with van der Waals surface area (Å²) in [6, 6.07) is 20.1. The van der Waals surface area contributed by atoms with Gasteiger partial charge in [-0.1, -0.05) is 36.4 Å². The highest BCUT2D eigenvalue weighted by atomic mass is 16.5. The van der Waals surface area contributed by atoms with Crippen LogP contribution in [-0.2, 0) is 4.79 Å². The second-order valence-electron chi connectivity index (χ2n) is 6.41. The van der Waals surface area contributed by atoms with Gasteiger partial charge in [0, 0.05) is 6.07 Å². The minimum Gasteiger partial charge on any atom is -0.484 e. The van der Waals surface area contributed by atoms with Crippen molar-refractivity contribution in [1.82, 2.24) is 4.90 Å². The van der Waals surface area contributed by atoms with Gasteiger partial charge in [-0.3, -0.25) is 9.69 Å². The third-order valence-electron chi connectivity index (χ3n) is 4.75. The maximum atomic E-state index is 12.5. The molecule has 0 atom stereocenters. The normalized spacial score (nSPS) is 14.5. The van der Waals surface area contributed by atoms with Crippen molar-refractivity contribution in [1.29, 1.82) is 0 Å². The van der Waals surface area contributed by atoms with Crippen LogP contribution in [0.1, 0.15) is 0 Å². The molecule has 4 rings (SSSR count). The fourth-order valence-corrected chi connectivity index (χ4v) is 3.27. The van der Waals surface area contributed by atoms with Crippen molar-refractivity contribution >= 4 is 22.5 Å². The first-order valence-corrected chi connectivity index (χ1v) is 8.91. The Hall–Kier alpha value is -3.08. The zero-order valence-corrected chi connectivity index (χ0v) is 14.6. The van der Waals surface area contributed by atoms with Crippen molar-refractivity contribution in [2.45, 2.75) is 0 Å². The van der Waals surface area contributed by atoms with Crippen LogP contribution >= 0.6 is 0 Å². The van der Waals surface area contributed by atoms with Gasteiger partial charge in [-0.15, -0.1) is 0 Å². The molecule has 1 aromatic heterocycles. The Morgan fingerprint density at radius 1 is 0.923 bits per heavy atom. The number of pyridine rings is 1. The summed E-state index contributed by atoms with van der Waals surface area (Å²) in [6.07, 6.45) is 1.92. The molecule has 5 nitrogen and oxygen atoms in total. The highest BCUT2D eigenvalue weighted by Gasteiger charge is 2.26. The Kier molecular flexibility index (Phi) is 4.69. The summed E-state index contributed by atoms with van der Waals surface area (Å²) < 4.78 is 5.73. The molecule has 1 saturated heterocycles. The molecule has 5 heteroatoms. The van der Waals surface area contributed by atoms with Crippen LogP contribution in [0.3, 0.4) is 0 Å². The molecule has 26 heavy (non-hydrogen) atoms. The number of hydrogen-bond donors (Lipinski definition) is 0. The van der Waals surface area contributed by atoms with Crippen LogP contribution in [0, 0.1) is 0 Å². The number of rotatable bonds is 4. The quantitative estimate of drug-likeness (QED) is 0.727. The van der Waals surface area contributed by atoms with Gasteiger partial charge in [0.1, 0.15) is 18.8 Å². The summed E-state index contributed by atoms with van der Waals surface area (Å²) in [5.74, 6) is 1.86. The molecule has 1 fully saturated rings. The summed E-state index contributed by atoms with van der Waals surface area (Å²) >= 11 is 0. The highest BCUT2D eigenvalue weighted by molar-refractivity contribution is 5.84. The number of amides is 1. The highest BCUT2D eigenvalue weighted by Crippen LogP contribution is 2.20. The number of aromatic nitrogens is 1. The molecule has 0 spiro atoms. The molecule has 1 amide bonds. The Morgan fingerprint density at radius 3 is 2.46 bits per heavy atom. The molecular formula is C21H22N3O2+. The van der Waals surface area contributed by atoms with Crippen LogP contribution in [0.4, 0.5) is 5.82 Å². The summed E-state index contributed by atoms with van der Waals surface area (Å²) in [5.41, 5.74) is 0. The molecule has 0 saturated carbocycles. The van der Waals surface area contributed by atoms with E-state index >= 15 is 0 Å². The summed E-state index contributed by atoms with van der Waals surface area (Å²) in [4.78, 5) is 19.8. The summed E-state index contributed by atoms with van der Waals surface area (Å²) in [6.45, 7) is 3.14. The molecular weight excluding hydrogens is 326 g/mol. The number of nitrogens with zero attached hydrogens (tertiary/aromatic N) is 2. The lowest BCUT2D eigenvalue weighted by Crippen LogP contribution is -2.51. The molecule has 0 aliphatic carbocycles. The van der Waals surface area contributed by atoms with Gasteiger partial charge in [-0.2, -0.15) is 0 Å². The lowest BCUT2D eigenvalue weighted by Gasteiger charge is -2.30. The Balaban J connectivity index is 1.31. The van der Waals surface area contributed by atoms with E-state index in [9.17, 15) is 4.79 Å². The van der Waals surface area contributed by atoms with Crippen LogP contribution in [0.15, 0.2) is 66.9 Å². The molecule has 2 heterocycles. The number of fused-ring (bicyclic) bond motifs is 1. The van der Waals surface area contributed by atoms with Crippen LogP contribution in [0.2, 0.25) is 0 Å². The third kappa shape index (κ3) is 3.61. The average Bonchev–Trinajstić information content (AvgIpc) is 2.72. The van der Waals surface area contributed by atoms with Crippen LogP contribution < -0.4 is 14.6 Å². The molecule has 132 valence electrons.